The Kier molecular flexibility index (Phi) is 12.8. The number of methoxy groups -OCH3 is 7. The fraction of sp³-hybridized carbons (Fsp3) is 0.486. The van der Waals surface area contributed by atoms with Gasteiger partial charge in [-0.3, -0.25) is 14.4 Å². The van der Waals surface area contributed by atoms with Crippen molar-refractivity contribution in [1.82, 2.24) is 4.90 Å². The number of hydrogen-bond acceptors (Lipinski definition) is 12. The summed E-state index contributed by atoms with van der Waals surface area (Å²) in [5.74, 6) is 1.38. The molecule has 2 aliphatic carbocycles. The second-order valence-corrected chi connectivity index (χ2v) is 11.5. The van der Waals surface area contributed by atoms with Crippen molar-refractivity contribution in [3.05, 3.63) is 59.7 Å². The topological polar surface area (TPSA) is 162 Å². The summed E-state index contributed by atoms with van der Waals surface area (Å²) in [6.07, 6.45) is 2.77. The molecule has 0 aromatic heterocycles. The predicted octanol–water partition coefficient (Wildman–Crippen LogP) is 3.45. The van der Waals surface area contributed by atoms with E-state index in [9.17, 15) is 19.2 Å². The summed E-state index contributed by atoms with van der Waals surface area (Å²) < 4.78 is 34.7. The van der Waals surface area contributed by atoms with Crippen LogP contribution >= 0.6 is 0 Å². The Morgan fingerprint density at radius 3 is 1.75 bits per heavy atom. The zero-order chi connectivity index (χ0) is 35.6. The van der Waals surface area contributed by atoms with Crippen molar-refractivity contribution in [2.24, 2.45) is 22.5 Å². The Bertz CT molecular complexity index is 1500. The van der Waals surface area contributed by atoms with Crippen LogP contribution in [-0.4, -0.2) is 85.0 Å². The van der Waals surface area contributed by atoms with Crippen LogP contribution in [-0.2, 0) is 46.5 Å². The monoisotopic (exact) mass is 670 g/mol. The number of nitrogens with two attached hydrogens (primary N) is 1. The Balaban J connectivity index is 0.000000213. The van der Waals surface area contributed by atoms with Gasteiger partial charge in [0.2, 0.25) is 5.91 Å². The summed E-state index contributed by atoms with van der Waals surface area (Å²) in [4.78, 5) is 48.8. The third kappa shape index (κ3) is 8.01. The highest BCUT2D eigenvalue weighted by atomic mass is 16.5. The molecule has 1 atom stereocenters. The summed E-state index contributed by atoms with van der Waals surface area (Å²) >= 11 is 0. The van der Waals surface area contributed by atoms with Gasteiger partial charge in [0, 0.05) is 48.5 Å². The van der Waals surface area contributed by atoms with E-state index in [1.807, 2.05) is 30.3 Å². The van der Waals surface area contributed by atoms with E-state index < -0.39 is 22.8 Å². The zero-order valence-corrected chi connectivity index (χ0v) is 28.7. The molecule has 1 saturated heterocycles. The molecule has 0 bridgehead atoms. The molecule has 1 spiro atoms. The SMILES string of the molecule is C=C(C(=O)OC)C1(C(=O)OC)CC1.COC(=O)C1CN(Cc2ccc(OC)cc2OC)C(=O)C12CC2.COc1ccc(CN)c(OC)c1. The van der Waals surface area contributed by atoms with Crippen molar-refractivity contribution < 1.29 is 52.3 Å². The average Bonchev–Trinajstić information content (AvgIpc) is 4.07. The molecule has 0 radical (unpaired) electrons. The standard InChI is InChI=1S/C17H21NO5.C9H13NO2.C9H12O4/c1-21-12-5-4-11(14(8-12)22-2)9-18-10-13(15(19)23-3)17(6-7-17)16(18)20;1-11-8-4-3-7(6-10)9(5-8)12-2;1-6(7(10)12-2)9(4-5-9)8(11)13-3/h4-5,8,13H,6-7,9-10H2,1-3H3;3-5H,6,10H2,1-2H3;1,4-5H2,2-3H3. The van der Waals surface area contributed by atoms with E-state index in [0.29, 0.717) is 44.0 Å². The first-order valence-electron chi connectivity index (χ1n) is 15.3. The van der Waals surface area contributed by atoms with Gasteiger partial charge in [0.1, 0.15) is 23.0 Å². The number of ether oxygens (including phenoxy) is 7. The smallest absolute Gasteiger partial charge is 0.334 e. The van der Waals surface area contributed by atoms with E-state index >= 15 is 0 Å². The van der Waals surface area contributed by atoms with Crippen LogP contribution in [0.25, 0.3) is 0 Å². The fourth-order valence-electron chi connectivity index (χ4n) is 5.69. The van der Waals surface area contributed by atoms with Gasteiger partial charge in [0.05, 0.1) is 66.5 Å². The maximum atomic E-state index is 12.7. The van der Waals surface area contributed by atoms with Gasteiger partial charge in [0.15, 0.2) is 0 Å². The van der Waals surface area contributed by atoms with Gasteiger partial charge in [-0.2, -0.15) is 0 Å². The minimum atomic E-state index is -0.790. The van der Waals surface area contributed by atoms with Gasteiger partial charge in [-0.1, -0.05) is 12.6 Å². The van der Waals surface area contributed by atoms with E-state index in [2.05, 4.69) is 16.1 Å². The largest absolute Gasteiger partial charge is 0.497 e. The lowest BCUT2D eigenvalue weighted by molar-refractivity contribution is -0.148. The van der Waals surface area contributed by atoms with Gasteiger partial charge in [-0.25, -0.2) is 4.79 Å². The summed E-state index contributed by atoms with van der Waals surface area (Å²) in [6, 6.07) is 11.1. The van der Waals surface area contributed by atoms with Gasteiger partial charge in [0.25, 0.3) is 0 Å². The van der Waals surface area contributed by atoms with Crippen molar-refractivity contribution in [3.63, 3.8) is 0 Å². The Labute approximate surface area is 281 Å². The van der Waals surface area contributed by atoms with Gasteiger partial charge in [-0.15, -0.1) is 0 Å². The molecule has 2 aromatic rings. The van der Waals surface area contributed by atoms with E-state index in [1.165, 1.54) is 21.3 Å². The summed E-state index contributed by atoms with van der Waals surface area (Å²) in [7, 11) is 10.4. The molecule has 3 fully saturated rings. The van der Waals surface area contributed by atoms with Gasteiger partial charge < -0.3 is 43.8 Å². The minimum Gasteiger partial charge on any atom is -0.497 e. The number of rotatable bonds is 11. The maximum absolute atomic E-state index is 12.7. The predicted molar refractivity (Wildman–Crippen MR) is 174 cm³/mol. The molecule has 2 N–H and O–H groups in total. The zero-order valence-electron chi connectivity index (χ0n) is 28.7. The van der Waals surface area contributed by atoms with Gasteiger partial charge in [-0.05, 0) is 43.9 Å². The van der Waals surface area contributed by atoms with Crippen LogP contribution in [0.2, 0.25) is 0 Å². The normalized spacial score (nSPS) is 17.4. The molecule has 262 valence electrons. The number of benzene rings is 2. The molecular formula is C35H46N2O11. The maximum Gasteiger partial charge on any atom is 0.334 e. The van der Waals surface area contributed by atoms with Crippen molar-refractivity contribution in [2.75, 3.05) is 56.3 Å². The second-order valence-electron chi connectivity index (χ2n) is 11.5. The van der Waals surface area contributed by atoms with Crippen LogP contribution < -0.4 is 24.7 Å². The third-order valence-corrected chi connectivity index (χ3v) is 8.96. The highest BCUT2D eigenvalue weighted by molar-refractivity contribution is 5.99. The average molecular weight is 671 g/mol. The minimum absolute atomic E-state index is 0.0470. The number of likely N-dealkylation sites (tertiary alicyclic amines) is 1. The van der Waals surface area contributed by atoms with Crippen molar-refractivity contribution in [3.8, 4) is 23.0 Å². The first-order valence-corrected chi connectivity index (χ1v) is 15.3. The Morgan fingerprint density at radius 2 is 1.33 bits per heavy atom. The highest BCUT2D eigenvalue weighted by Crippen LogP contribution is 2.58. The highest BCUT2D eigenvalue weighted by Gasteiger charge is 2.64. The Hall–Kier alpha value is -4.78. The molecule has 1 heterocycles. The van der Waals surface area contributed by atoms with E-state index in [-0.39, 0.29) is 23.4 Å². The Morgan fingerprint density at radius 1 is 0.792 bits per heavy atom. The summed E-state index contributed by atoms with van der Waals surface area (Å²) in [6.45, 7) is 4.85. The van der Waals surface area contributed by atoms with Crippen molar-refractivity contribution in [2.45, 2.75) is 38.8 Å². The molecular weight excluding hydrogens is 624 g/mol. The quantitative estimate of drug-likeness (QED) is 0.211. The van der Waals surface area contributed by atoms with Crippen molar-refractivity contribution in [1.29, 1.82) is 0 Å². The van der Waals surface area contributed by atoms with Crippen LogP contribution in [0.5, 0.6) is 23.0 Å². The van der Waals surface area contributed by atoms with Crippen LogP contribution in [0.1, 0.15) is 36.8 Å². The van der Waals surface area contributed by atoms with Crippen LogP contribution in [0.3, 0.4) is 0 Å². The van der Waals surface area contributed by atoms with Crippen molar-refractivity contribution >= 4 is 23.8 Å². The number of carbonyl (C=O) groups excluding carboxylic acids is 4. The molecule has 13 nitrogen and oxygen atoms in total. The molecule has 5 rings (SSSR count). The lowest BCUT2D eigenvalue weighted by Gasteiger charge is -2.18. The number of carbonyl (C=O) groups is 4. The molecule has 1 aliphatic heterocycles. The molecule has 13 heteroatoms. The third-order valence-electron chi connectivity index (χ3n) is 8.96. The molecule has 1 unspecified atom stereocenters. The lowest BCUT2D eigenvalue weighted by atomic mass is 9.92. The first kappa shape index (κ1) is 37.7. The van der Waals surface area contributed by atoms with E-state index in [0.717, 1.165) is 35.5 Å². The number of hydrogen-bond donors (Lipinski definition) is 1. The van der Waals surface area contributed by atoms with Gasteiger partial charge >= 0.3 is 17.9 Å². The molecule has 3 aliphatic rings. The summed E-state index contributed by atoms with van der Waals surface area (Å²) in [5.41, 5.74) is 6.26. The number of esters is 3. The summed E-state index contributed by atoms with van der Waals surface area (Å²) in [5, 5.41) is 0. The number of amides is 1. The molecule has 48 heavy (non-hydrogen) atoms. The van der Waals surface area contributed by atoms with E-state index in [1.54, 1.807) is 39.4 Å². The number of nitrogens with zero attached hydrogens (tertiary/aromatic N) is 1. The van der Waals surface area contributed by atoms with Crippen LogP contribution in [0, 0.1) is 16.7 Å². The molecule has 2 aromatic carbocycles. The van der Waals surface area contributed by atoms with Crippen LogP contribution in [0.15, 0.2) is 48.6 Å². The fourth-order valence-corrected chi connectivity index (χ4v) is 5.69. The lowest BCUT2D eigenvalue weighted by Crippen LogP contribution is -2.27. The first-order chi connectivity index (χ1) is 22.9. The molecule has 2 saturated carbocycles. The second kappa shape index (κ2) is 16.4. The molecule has 1 amide bonds. The van der Waals surface area contributed by atoms with E-state index in [4.69, 9.17) is 29.4 Å². The van der Waals surface area contributed by atoms with Crippen LogP contribution in [0.4, 0.5) is 0 Å².